The van der Waals surface area contributed by atoms with E-state index in [1.807, 2.05) is 12.1 Å². The fourth-order valence-electron chi connectivity index (χ4n) is 3.40. The van der Waals surface area contributed by atoms with E-state index in [0.717, 1.165) is 82.9 Å². The predicted octanol–water partition coefficient (Wildman–Crippen LogP) is 1.41. The van der Waals surface area contributed by atoms with E-state index in [-0.39, 0.29) is 0 Å². The number of nitrogens with one attached hydrogen (secondary N) is 1. The first-order valence-electron chi connectivity index (χ1n) is 9.48. The normalized spacial score (nSPS) is 18.7. The van der Waals surface area contributed by atoms with Crippen molar-refractivity contribution in [2.24, 2.45) is 0 Å². The average Bonchev–Trinajstić information content (AvgIpc) is 2.72. The summed E-state index contributed by atoms with van der Waals surface area (Å²) in [6.45, 7) is 9.79. The van der Waals surface area contributed by atoms with Gasteiger partial charge in [-0.15, -0.1) is 0 Å². The summed E-state index contributed by atoms with van der Waals surface area (Å²) < 4.78 is 10.6. The molecule has 0 aliphatic carbocycles. The van der Waals surface area contributed by atoms with Gasteiger partial charge < -0.3 is 24.6 Å². The fraction of sp³-hybridized carbons (Fsp3) is 0.632. The number of anilines is 1. The number of morpholine rings is 1. The fourth-order valence-corrected chi connectivity index (χ4v) is 3.68. The quantitative estimate of drug-likeness (QED) is 0.593. The topological polar surface area (TPSA) is 40.2 Å². The van der Waals surface area contributed by atoms with Crippen molar-refractivity contribution in [3.8, 4) is 5.75 Å². The first kappa shape index (κ1) is 19.2. The number of methoxy groups -OCH3 is 1. The van der Waals surface area contributed by atoms with Crippen LogP contribution in [-0.4, -0.2) is 87.6 Å². The lowest BCUT2D eigenvalue weighted by molar-refractivity contribution is 0.0376. The van der Waals surface area contributed by atoms with Crippen LogP contribution in [-0.2, 0) is 4.74 Å². The van der Waals surface area contributed by atoms with Gasteiger partial charge in [0, 0.05) is 51.5 Å². The summed E-state index contributed by atoms with van der Waals surface area (Å²) in [5, 5.41) is 4.32. The molecule has 0 aromatic heterocycles. The van der Waals surface area contributed by atoms with Gasteiger partial charge in [0.2, 0.25) is 0 Å². The first-order valence-corrected chi connectivity index (χ1v) is 9.89. The molecular formula is C19H30N4O2S. The molecule has 2 aliphatic heterocycles. The third kappa shape index (κ3) is 5.46. The number of thiocarbonyl (C=S) groups is 1. The van der Waals surface area contributed by atoms with Crippen LogP contribution in [0.25, 0.3) is 0 Å². The molecule has 6 nitrogen and oxygen atoms in total. The minimum Gasteiger partial charge on any atom is -0.497 e. The molecule has 3 rings (SSSR count). The van der Waals surface area contributed by atoms with Crippen LogP contribution in [0.15, 0.2) is 24.3 Å². The molecular weight excluding hydrogens is 348 g/mol. The minimum atomic E-state index is 0.865. The molecule has 0 bridgehead atoms. The lowest BCUT2D eigenvalue weighted by Crippen LogP contribution is -2.52. The Morgan fingerprint density at radius 3 is 2.42 bits per heavy atom. The van der Waals surface area contributed by atoms with Crippen molar-refractivity contribution in [1.29, 1.82) is 0 Å². The zero-order valence-corrected chi connectivity index (χ0v) is 16.5. The highest BCUT2D eigenvalue weighted by atomic mass is 32.1. The molecule has 0 saturated carbocycles. The van der Waals surface area contributed by atoms with Gasteiger partial charge in [0.1, 0.15) is 5.75 Å². The molecule has 1 aromatic carbocycles. The van der Waals surface area contributed by atoms with E-state index in [4.69, 9.17) is 21.7 Å². The molecule has 26 heavy (non-hydrogen) atoms. The summed E-state index contributed by atoms with van der Waals surface area (Å²) >= 11 is 5.58. The van der Waals surface area contributed by atoms with Gasteiger partial charge >= 0.3 is 0 Å². The second kappa shape index (κ2) is 9.94. The predicted molar refractivity (Wildman–Crippen MR) is 109 cm³/mol. The summed E-state index contributed by atoms with van der Waals surface area (Å²) in [6, 6.07) is 8.28. The van der Waals surface area contributed by atoms with Crippen LogP contribution >= 0.6 is 12.2 Å². The van der Waals surface area contributed by atoms with Crippen molar-refractivity contribution in [2.75, 3.05) is 77.6 Å². The van der Waals surface area contributed by atoms with Crippen molar-refractivity contribution >= 4 is 23.0 Å². The van der Waals surface area contributed by atoms with E-state index in [2.05, 4.69) is 32.1 Å². The third-order valence-corrected chi connectivity index (χ3v) is 5.44. The summed E-state index contributed by atoms with van der Waals surface area (Å²) in [6.07, 6.45) is 1.12. The number of hydrogen-bond acceptors (Lipinski definition) is 5. The summed E-state index contributed by atoms with van der Waals surface area (Å²) in [4.78, 5) is 7.14. The van der Waals surface area contributed by atoms with E-state index >= 15 is 0 Å². The van der Waals surface area contributed by atoms with Crippen molar-refractivity contribution in [2.45, 2.75) is 6.42 Å². The highest BCUT2D eigenvalue weighted by molar-refractivity contribution is 7.80. The monoisotopic (exact) mass is 378 g/mol. The molecule has 0 radical (unpaired) electrons. The van der Waals surface area contributed by atoms with Crippen LogP contribution in [0.4, 0.5) is 5.69 Å². The Labute approximate surface area is 162 Å². The van der Waals surface area contributed by atoms with Gasteiger partial charge in [-0.3, -0.25) is 4.90 Å². The number of benzene rings is 1. The number of hydrogen-bond donors (Lipinski definition) is 1. The van der Waals surface area contributed by atoms with Crippen LogP contribution in [0.1, 0.15) is 6.42 Å². The Kier molecular flexibility index (Phi) is 7.34. The van der Waals surface area contributed by atoms with E-state index < -0.39 is 0 Å². The number of rotatable bonds is 6. The van der Waals surface area contributed by atoms with Crippen molar-refractivity contribution in [3.63, 3.8) is 0 Å². The molecule has 0 spiro atoms. The number of ether oxygens (including phenoxy) is 2. The van der Waals surface area contributed by atoms with Crippen LogP contribution in [0.2, 0.25) is 0 Å². The second-order valence-corrected chi connectivity index (χ2v) is 7.10. The van der Waals surface area contributed by atoms with E-state index in [1.54, 1.807) is 7.11 Å². The molecule has 2 heterocycles. The van der Waals surface area contributed by atoms with E-state index in [9.17, 15) is 0 Å². The summed E-state index contributed by atoms with van der Waals surface area (Å²) in [5.41, 5.74) is 1.25. The molecule has 2 aliphatic rings. The van der Waals surface area contributed by atoms with Crippen LogP contribution < -0.4 is 15.0 Å². The van der Waals surface area contributed by atoms with Crippen LogP contribution in [0, 0.1) is 0 Å². The SMILES string of the molecule is COc1ccc(N2CCN(C(=S)NCCCN3CCOCC3)CC2)cc1. The van der Waals surface area contributed by atoms with Gasteiger partial charge in [-0.05, 0) is 49.4 Å². The standard InChI is InChI=1S/C19H30N4O2S/c1-24-18-5-3-17(4-6-18)22-9-11-23(12-10-22)19(26)20-7-2-8-21-13-15-25-16-14-21/h3-6H,2,7-16H2,1H3,(H,20,26). The maximum atomic E-state index is 5.58. The Hall–Kier alpha value is -1.57. The van der Waals surface area contributed by atoms with Crippen molar-refractivity contribution < 1.29 is 9.47 Å². The molecule has 0 amide bonds. The van der Waals surface area contributed by atoms with Gasteiger partial charge in [0.25, 0.3) is 0 Å². The minimum absolute atomic E-state index is 0.865. The molecule has 2 saturated heterocycles. The van der Waals surface area contributed by atoms with E-state index in [1.165, 1.54) is 5.69 Å². The zero-order valence-electron chi connectivity index (χ0n) is 15.7. The lowest BCUT2D eigenvalue weighted by atomic mass is 10.2. The van der Waals surface area contributed by atoms with E-state index in [0.29, 0.717) is 0 Å². The average molecular weight is 379 g/mol. The van der Waals surface area contributed by atoms with Gasteiger partial charge in [-0.2, -0.15) is 0 Å². The lowest BCUT2D eigenvalue weighted by Gasteiger charge is -2.37. The number of piperazine rings is 1. The Bertz CT molecular complexity index is 555. The number of nitrogens with zero attached hydrogens (tertiary/aromatic N) is 3. The molecule has 1 N–H and O–H groups in total. The molecule has 1 aromatic rings. The Morgan fingerprint density at radius 2 is 1.77 bits per heavy atom. The third-order valence-electron chi connectivity index (χ3n) is 5.04. The Balaban J connectivity index is 1.33. The highest BCUT2D eigenvalue weighted by Gasteiger charge is 2.19. The van der Waals surface area contributed by atoms with Crippen molar-refractivity contribution in [1.82, 2.24) is 15.1 Å². The van der Waals surface area contributed by atoms with Gasteiger partial charge in [0.05, 0.1) is 20.3 Å². The largest absolute Gasteiger partial charge is 0.497 e. The van der Waals surface area contributed by atoms with Gasteiger partial charge in [-0.1, -0.05) is 0 Å². The Morgan fingerprint density at radius 1 is 1.08 bits per heavy atom. The second-order valence-electron chi connectivity index (χ2n) is 6.71. The van der Waals surface area contributed by atoms with Crippen LogP contribution in [0.3, 0.4) is 0 Å². The highest BCUT2D eigenvalue weighted by Crippen LogP contribution is 2.20. The van der Waals surface area contributed by atoms with Gasteiger partial charge in [-0.25, -0.2) is 0 Å². The summed E-state index contributed by atoms with van der Waals surface area (Å²) in [5.74, 6) is 0.898. The zero-order chi connectivity index (χ0) is 18.2. The molecule has 2 fully saturated rings. The van der Waals surface area contributed by atoms with Crippen LogP contribution in [0.5, 0.6) is 5.75 Å². The molecule has 7 heteroatoms. The smallest absolute Gasteiger partial charge is 0.169 e. The maximum absolute atomic E-state index is 5.58. The maximum Gasteiger partial charge on any atom is 0.169 e. The molecule has 0 atom stereocenters. The molecule has 0 unspecified atom stereocenters. The van der Waals surface area contributed by atoms with Crippen molar-refractivity contribution in [3.05, 3.63) is 24.3 Å². The first-order chi connectivity index (χ1) is 12.8. The summed E-state index contributed by atoms with van der Waals surface area (Å²) in [7, 11) is 1.70. The van der Waals surface area contributed by atoms with Gasteiger partial charge in [0.15, 0.2) is 5.11 Å². The molecule has 144 valence electrons.